The molecule has 0 aliphatic rings. The van der Waals surface area contributed by atoms with Crippen LogP contribution in [0.4, 0.5) is 0 Å². The molecule has 0 aliphatic heterocycles. The number of carbonyl (C=O) groups is 1. The van der Waals surface area contributed by atoms with E-state index in [-0.39, 0.29) is 38.0 Å². The Morgan fingerprint density at radius 3 is 2.16 bits per heavy atom. The van der Waals surface area contributed by atoms with Gasteiger partial charge in [0.15, 0.2) is 5.78 Å². The van der Waals surface area contributed by atoms with Crippen LogP contribution >= 0.6 is 0 Å². The van der Waals surface area contributed by atoms with Gasteiger partial charge in [-0.15, -0.1) is 0 Å². The van der Waals surface area contributed by atoms with Crippen LogP contribution in [0.25, 0.3) is 17.2 Å². The van der Waals surface area contributed by atoms with Crippen molar-refractivity contribution >= 4 is 5.78 Å². The number of allylic oxidation sites excluding steroid dienone is 2. The van der Waals surface area contributed by atoms with Gasteiger partial charge in [-0.05, 0) is 12.1 Å². The first-order valence-electron chi connectivity index (χ1n) is 9.59. The average molecular weight is 602 g/mol. The van der Waals surface area contributed by atoms with Crippen molar-refractivity contribution in [2.24, 2.45) is 10.8 Å². The van der Waals surface area contributed by atoms with Crippen molar-refractivity contribution in [1.82, 2.24) is 24.7 Å². The smallest absolute Gasteiger partial charge is 0.164 e. The number of hydrogen-bond acceptors (Lipinski definition) is 6. The fourth-order valence-corrected chi connectivity index (χ4v) is 2.10. The van der Waals surface area contributed by atoms with Gasteiger partial charge in [-0.1, -0.05) is 71.6 Å². The van der Waals surface area contributed by atoms with Crippen molar-refractivity contribution in [2.75, 3.05) is 0 Å². The fraction of sp³-hybridized carbons (Fsp3) is 0.348. The molecule has 0 atom stereocenters. The van der Waals surface area contributed by atoms with E-state index in [1.54, 1.807) is 10.9 Å². The Labute approximate surface area is 197 Å². The first-order chi connectivity index (χ1) is 14.0. The molecule has 168 valence electrons. The number of para-hydroxylation sites is 1. The van der Waals surface area contributed by atoms with E-state index in [0.717, 1.165) is 5.69 Å². The quantitative estimate of drug-likeness (QED) is 0.268. The molecule has 0 bridgehead atoms. The zero-order chi connectivity index (χ0) is 22.4. The molecule has 3 rings (SSSR count). The molecular formula is C23H28N5O2Pt-. The third kappa shape index (κ3) is 7.83. The second-order valence-electron chi connectivity index (χ2n) is 8.74. The number of nitrogens with zero attached hydrogens (tertiary/aromatic N) is 5. The van der Waals surface area contributed by atoms with Gasteiger partial charge >= 0.3 is 0 Å². The van der Waals surface area contributed by atoms with Crippen LogP contribution in [0.1, 0.15) is 41.5 Å². The van der Waals surface area contributed by atoms with E-state index in [1.165, 1.54) is 18.7 Å². The number of rotatable bonds is 3. The normalized spacial score (nSPS) is 11.7. The minimum Gasteiger partial charge on any atom is -0.512 e. The fourth-order valence-electron chi connectivity index (χ4n) is 2.10. The van der Waals surface area contributed by atoms with Crippen molar-refractivity contribution in [2.45, 2.75) is 41.5 Å². The number of aromatic nitrogens is 5. The van der Waals surface area contributed by atoms with Gasteiger partial charge in [0.05, 0.1) is 0 Å². The molecule has 0 fully saturated rings. The summed E-state index contributed by atoms with van der Waals surface area (Å²) < 4.78 is 1.72. The number of carbonyl (C=O) groups excluding carboxylic acids is 1. The number of hydrogen-bond donors (Lipinski definition) is 1. The maximum Gasteiger partial charge on any atom is 0.164 e. The molecule has 1 aromatic carbocycles. The topological polar surface area (TPSA) is 93.8 Å². The summed E-state index contributed by atoms with van der Waals surface area (Å²) in [6.45, 7) is 11.1. The first-order valence-corrected chi connectivity index (χ1v) is 9.59. The van der Waals surface area contributed by atoms with E-state index >= 15 is 0 Å². The van der Waals surface area contributed by atoms with Crippen LogP contribution in [0.2, 0.25) is 0 Å². The summed E-state index contributed by atoms with van der Waals surface area (Å²) in [6, 6.07) is 12.7. The Bertz CT molecular complexity index is 934. The van der Waals surface area contributed by atoms with E-state index in [2.05, 4.69) is 26.1 Å². The van der Waals surface area contributed by atoms with Crippen molar-refractivity contribution < 1.29 is 31.0 Å². The summed E-state index contributed by atoms with van der Waals surface area (Å²) >= 11 is 0. The van der Waals surface area contributed by atoms with Crippen molar-refractivity contribution in [1.29, 1.82) is 0 Å². The third-order valence-electron chi connectivity index (χ3n) is 4.07. The number of aliphatic hydroxyl groups is 1. The number of benzene rings is 1. The molecular weight excluding hydrogens is 573 g/mol. The maximum absolute atomic E-state index is 11.5. The molecule has 2 heterocycles. The summed E-state index contributed by atoms with van der Waals surface area (Å²) in [6.07, 6.45) is 5.86. The zero-order valence-electron chi connectivity index (χ0n) is 18.6. The summed E-state index contributed by atoms with van der Waals surface area (Å²) in [5.41, 5.74) is 0.800. The molecule has 0 spiro atoms. The van der Waals surface area contributed by atoms with Crippen LogP contribution in [0.5, 0.6) is 0 Å². The predicted octanol–water partition coefficient (Wildman–Crippen LogP) is 4.61. The van der Waals surface area contributed by atoms with E-state index in [9.17, 15) is 9.90 Å². The van der Waals surface area contributed by atoms with E-state index in [1.807, 2.05) is 71.9 Å². The van der Waals surface area contributed by atoms with E-state index in [0.29, 0.717) is 11.5 Å². The summed E-state index contributed by atoms with van der Waals surface area (Å²) in [4.78, 5) is 23.6. The summed E-state index contributed by atoms with van der Waals surface area (Å²) in [5, 5.41) is 13.7. The maximum atomic E-state index is 11.5. The Morgan fingerprint density at radius 1 is 1.00 bits per heavy atom. The van der Waals surface area contributed by atoms with Crippen molar-refractivity contribution in [3.05, 3.63) is 67.1 Å². The summed E-state index contributed by atoms with van der Waals surface area (Å²) in [7, 11) is 0. The van der Waals surface area contributed by atoms with Crippen LogP contribution < -0.4 is 0 Å². The molecule has 31 heavy (non-hydrogen) atoms. The van der Waals surface area contributed by atoms with Gasteiger partial charge in [0.1, 0.15) is 18.4 Å². The van der Waals surface area contributed by atoms with Crippen LogP contribution in [0.15, 0.2) is 61.0 Å². The molecule has 3 aromatic rings. The SMILES string of the molecule is CC(C)(C)C(=O)/C=C(\O)C(C)(C)C.[Pt].[c-]1cncnc1-c1ncnn1-c1ccccc1. The minimum absolute atomic E-state index is 0. The predicted molar refractivity (Wildman–Crippen MR) is 116 cm³/mol. The second kappa shape index (κ2) is 11.1. The molecule has 1 N–H and O–H groups in total. The van der Waals surface area contributed by atoms with Crippen molar-refractivity contribution in [3.63, 3.8) is 0 Å². The van der Waals surface area contributed by atoms with Crippen LogP contribution in [-0.2, 0) is 25.9 Å². The number of aliphatic hydroxyl groups excluding tert-OH is 1. The molecule has 0 saturated heterocycles. The van der Waals surface area contributed by atoms with Gasteiger partial charge in [0.2, 0.25) is 0 Å². The molecule has 8 heteroatoms. The molecule has 0 aliphatic carbocycles. The second-order valence-corrected chi connectivity index (χ2v) is 8.74. The van der Waals surface area contributed by atoms with Crippen molar-refractivity contribution in [3.8, 4) is 17.2 Å². The minimum atomic E-state index is -0.417. The third-order valence-corrected chi connectivity index (χ3v) is 4.07. The van der Waals surface area contributed by atoms with Crippen LogP contribution in [0.3, 0.4) is 0 Å². The standard InChI is InChI=1S/C12H8N5.C11H20O2.Pt/c1-2-4-10(5-3-1)17-12(15-9-16-17)11-6-7-13-8-14-11;1-10(2,3)8(12)7-9(13)11(4,5)6;/h1-5,7-9H;7,12H,1-6H3;/q-1;;/b;8-7-;. The Hall–Kier alpha value is -2.66. The van der Waals surface area contributed by atoms with Gasteiger partial charge in [0.25, 0.3) is 0 Å². The Balaban J connectivity index is 0.000000314. The molecule has 0 saturated carbocycles. The van der Waals surface area contributed by atoms with E-state index < -0.39 is 5.41 Å². The van der Waals surface area contributed by atoms with Gasteiger partial charge < -0.3 is 10.1 Å². The van der Waals surface area contributed by atoms with Gasteiger partial charge in [0, 0.05) is 49.5 Å². The molecule has 7 nitrogen and oxygen atoms in total. The number of ketones is 1. The Kier molecular flexibility index (Phi) is 9.44. The zero-order valence-corrected chi connectivity index (χ0v) is 20.9. The van der Waals surface area contributed by atoms with Gasteiger partial charge in [-0.2, -0.15) is 5.10 Å². The first kappa shape index (κ1) is 26.4. The molecule has 2 aromatic heterocycles. The van der Waals surface area contributed by atoms with Crippen LogP contribution in [-0.4, -0.2) is 35.6 Å². The van der Waals surface area contributed by atoms with Gasteiger partial charge in [-0.25, -0.2) is 6.07 Å². The largest absolute Gasteiger partial charge is 0.512 e. The summed E-state index contributed by atoms with van der Waals surface area (Å²) in [5.74, 6) is 0.756. The average Bonchev–Trinajstić information content (AvgIpc) is 3.18. The monoisotopic (exact) mass is 601 g/mol. The molecule has 0 radical (unpaired) electrons. The van der Waals surface area contributed by atoms with Gasteiger partial charge in [-0.3, -0.25) is 19.4 Å². The molecule has 0 unspecified atom stereocenters. The molecule has 0 amide bonds. The van der Waals surface area contributed by atoms with Crippen LogP contribution in [0, 0.1) is 16.9 Å². The van der Waals surface area contributed by atoms with E-state index in [4.69, 9.17) is 0 Å². The Morgan fingerprint density at radius 2 is 1.65 bits per heavy atom.